The van der Waals surface area contributed by atoms with Crippen molar-refractivity contribution >= 4 is 56.5 Å². The minimum atomic E-state index is -4.61. The summed E-state index contributed by atoms with van der Waals surface area (Å²) in [6.45, 7) is 1.27. The van der Waals surface area contributed by atoms with E-state index in [-0.39, 0.29) is 39.6 Å². The van der Waals surface area contributed by atoms with Crippen LogP contribution >= 0.6 is 11.8 Å². The number of rotatable bonds is 6. The summed E-state index contributed by atoms with van der Waals surface area (Å²) in [4.78, 5) is 18.5. The molecule has 0 fully saturated rings. The normalized spacial score (nSPS) is 11.3. The number of carbonyl (C=O) groups is 1. The Morgan fingerprint density at radius 1 is 1.32 bits per heavy atom. The van der Waals surface area contributed by atoms with Gasteiger partial charge in [0.1, 0.15) is 10.6 Å². The van der Waals surface area contributed by atoms with Gasteiger partial charge in [0.05, 0.1) is 11.8 Å². The molecule has 1 aromatic carbocycles. The van der Waals surface area contributed by atoms with Crippen molar-refractivity contribution in [1.29, 1.82) is 5.26 Å². The molecule has 0 spiro atoms. The van der Waals surface area contributed by atoms with E-state index in [1.165, 1.54) is 19.1 Å². The Bertz CT molecular complexity index is 1070. The van der Waals surface area contributed by atoms with Crippen LogP contribution in [0.2, 0.25) is 0 Å². The minimum absolute atomic E-state index is 0.0907. The van der Waals surface area contributed by atoms with Gasteiger partial charge in [0.15, 0.2) is 22.5 Å². The van der Waals surface area contributed by atoms with Crippen molar-refractivity contribution in [3.05, 3.63) is 18.2 Å². The van der Waals surface area contributed by atoms with Crippen LogP contribution in [0.3, 0.4) is 0 Å². The molecule has 0 radical (unpaired) electrons. The molecule has 2 aromatic rings. The number of carbonyl (C=O) groups excluding carboxylic acids is 1. The number of hydrogen-bond acceptors (Lipinski definition) is 11. The van der Waals surface area contributed by atoms with E-state index in [4.69, 9.17) is 16.7 Å². The highest BCUT2D eigenvalue weighted by Crippen LogP contribution is 2.33. The topological polar surface area (TPSA) is 210 Å². The second kappa shape index (κ2) is 8.61. The van der Waals surface area contributed by atoms with Gasteiger partial charge < -0.3 is 16.8 Å². The lowest BCUT2D eigenvalue weighted by atomic mass is 10.3. The predicted octanol–water partition coefficient (Wildman–Crippen LogP) is 1.88. The van der Waals surface area contributed by atoms with Gasteiger partial charge >= 0.3 is 0 Å². The summed E-state index contributed by atoms with van der Waals surface area (Å²) in [5, 5.41) is 18.7. The first kappa shape index (κ1) is 21.0. The van der Waals surface area contributed by atoms with Crippen LogP contribution in [0.25, 0.3) is 0 Å². The molecule has 146 valence electrons. The first-order valence-electron chi connectivity index (χ1n) is 7.35. The number of benzene rings is 1. The Hall–Kier alpha value is -3.28. The highest BCUT2D eigenvalue weighted by Gasteiger charge is 2.17. The fourth-order valence-corrected chi connectivity index (χ4v) is 3.05. The van der Waals surface area contributed by atoms with E-state index in [2.05, 4.69) is 25.5 Å². The van der Waals surface area contributed by atoms with Gasteiger partial charge in [-0.3, -0.25) is 9.35 Å². The van der Waals surface area contributed by atoms with E-state index in [0.717, 1.165) is 17.8 Å². The van der Waals surface area contributed by atoms with E-state index < -0.39 is 20.9 Å². The Labute approximate surface area is 163 Å². The molecular weight excluding hydrogens is 408 g/mol. The van der Waals surface area contributed by atoms with E-state index in [1.807, 2.05) is 6.07 Å². The zero-order valence-electron chi connectivity index (χ0n) is 14.3. The van der Waals surface area contributed by atoms with Crippen LogP contribution in [0.5, 0.6) is 0 Å². The third-order valence-electron chi connectivity index (χ3n) is 3.00. The van der Waals surface area contributed by atoms with Crippen LogP contribution in [0, 0.1) is 11.3 Å². The molecule has 1 aromatic heterocycles. The summed E-state index contributed by atoms with van der Waals surface area (Å²) in [5.74, 6) is -0.575. The molecule has 12 nitrogen and oxygen atoms in total. The van der Waals surface area contributed by atoms with Gasteiger partial charge in [0, 0.05) is 12.6 Å². The van der Waals surface area contributed by atoms with Crippen molar-refractivity contribution in [2.24, 2.45) is 10.2 Å². The molecule has 6 N–H and O–H groups in total. The molecular formula is C14H14N8O4S2. The minimum Gasteiger partial charge on any atom is -0.382 e. The monoisotopic (exact) mass is 422 g/mol. The largest absolute Gasteiger partial charge is 0.382 e. The van der Waals surface area contributed by atoms with Crippen LogP contribution in [-0.4, -0.2) is 34.6 Å². The van der Waals surface area contributed by atoms with Crippen molar-refractivity contribution in [2.45, 2.75) is 17.0 Å². The van der Waals surface area contributed by atoms with Gasteiger partial charge in [-0.1, -0.05) is 11.8 Å². The van der Waals surface area contributed by atoms with Gasteiger partial charge in [0.2, 0.25) is 5.91 Å². The third kappa shape index (κ3) is 5.36. The summed E-state index contributed by atoms with van der Waals surface area (Å²) < 4.78 is 32.4. The third-order valence-corrected chi connectivity index (χ3v) is 4.61. The average molecular weight is 422 g/mol. The molecule has 0 atom stereocenters. The zero-order valence-corrected chi connectivity index (χ0v) is 16.0. The first-order chi connectivity index (χ1) is 13.1. The molecule has 0 aliphatic carbocycles. The number of anilines is 3. The summed E-state index contributed by atoms with van der Waals surface area (Å²) in [5.41, 5.74) is 11.4. The predicted molar refractivity (Wildman–Crippen MR) is 102 cm³/mol. The van der Waals surface area contributed by atoms with Gasteiger partial charge in [-0.15, -0.1) is 10.2 Å². The fraction of sp³-hybridized carbons (Fsp3) is 0.143. The maximum Gasteiger partial charge on any atom is 0.296 e. The Morgan fingerprint density at radius 3 is 2.50 bits per heavy atom. The SMILES string of the molecule is CC(=O)Nc1ccc(S(=O)(=O)O)c(/N=N/c2c(N)nc(SCC#N)nc2N)c1. The van der Waals surface area contributed by atoms with Crippen molar-refractivity contribution < 1.29 is 17.8 Å². The lowest BCUT2D eigenvalue weighted by Crippen LogP contribution is -2.06. The number of azo groups is 1. The number of thioether (sulfide) groups is 1. The van der Waals surface area contributed by atoms with Gasteiger partial charge in [-0.25, -0.2) is 9.97 Å². The van der Waals surface area contributed by atoms with Crippen molar-refractivity contribution in [2.75, 3.05) is 22.5 Å². The highest BCUT2D eigenvalue weighted by molar-refractivity contribution is 7.99. The molecule has 0 saturated carbocycles. The van der Waals surface area contributed by atoms with Crippen LogP contribution in [0.4, 0.5) is 28.7 Å². The van der Waals surface area contributed by atoms with Gasteiger partial charge in [-0.2, -0.15) is 13.7 Å². The van der Waals surface area contributed by atoms with Crippen LogP contribution in [0.1, 0.15) is 6.92 Å². The summed E-state index contributed by atoms with van der Waals surface area (Å²) in [7, 11) is -4.61. The maximum absolute atomic E-state index is 11.5. The average Bonchev–Trinajstić information content (AvgIpc) is 2.57. The number of amides is 1. The van der Waals surface area contributed by atoms with Crippen LogP contribution < -0.4 is 16.8 Å². The van der Waals surface area contributed by atoms with E-state index >= 15 is 0 Å². The van der Waals surface area contributed by atoms with Gasteiger partial charge in [0.25, 0.3) is 10.1 Å². The summed E-state index contributed by atoms with van der Waals surface area (Å²) in [6.07, 6.45) is 0. The zero-order chi connectivity index (χ0) is 20.9. The number of aromatic nitrogens is 2. The number of hydrogen-bond donors (Lipinski definition) is 4. The Kier molecular flexibility index (Phi) is 6.46. The molecule has 1 heterocycles. The molecule has 0 unspecified atom stereocenters. The van der Waals surface area contributed by atoms with E-state index in [9.17, 15) is 17.8 Å². The van der Waals surface area contributed by atoms with Crippen LogP contribution in [-0.2, 0) is 14.9 Å². The lowest BCUT2D eigenvalue weighted by molar-refractivity contribution is -0.114. The molecule has 0 aliphatic heterocycles. The van der Waals surface area contributed by atoms with E-state index in [1.54, 1.807) is 0 Å². The first-order valence-corrected chi connectivity index (χ1v) is 9.78. The lowest BCUT2D eigenvalue weighted by Gasteiger charge is -2.07. The molecule has 14 heteroatoms. The van der Waals surface area contributed by atoms with Gasteiger partial charge in [-0.05, 0) is 18.2 Å². The molecule has 1 amide bonds. The number of nitrogens with zero attached hydrogens (tertiary/aromatic N) is 5. The number of nitrogens with two attached hydrogens (primary N) is 2. The fourth-order valence-electron chi connectivity index (χ4n) is 1.93. The molecule has 0 aliphatic rings. The highest BCUT2D eigenvalue weighted by atomic mass is 32.2. The quantitative estimate of drug-likeness (QED) is 0.230. The summed E-state index contributed by atoms with van der Waals surface area (Å²) >= 11 is 1.02. The smallest absolute Gasteiger partial charge is 0.296 e. The van der Waals surface area contributed by atoms with Crippen molar-refractivity contribution in [1.82, 2.24) is 9.97 Å². The molecule has 2 rings (SSSR count). The molecule has 28 heavy (non-hydrogen) atoms. The Balaban J connectivity index is 2.47. The number of nitrogens with one attached hydrogen (secondary N) is 1. The number of nitriles is 1. The standard InChI is InChI=1S/C14H14N8O4S2/c1-7(23)18-8-2-3-10(28(24,25)26)9(6-8)21-22-11-12(16)19-14(20-13(11)17)27-5-4-15/h2-3,6H,5H2,1H3,(H,18,23)(H,24,25,26)(H4,16,17,19,20)/b22-21+. The number of nitrogen functional groups attached to an aromatic ring is 2. The van der Waals surface area contributed by atoms with Crippen molar-refractivity contribution in [3.63, 3.8) is 0 Å². The maximum atomic E-state index is 11.5. The van der Waals surface area contributed by atoms with E-state index in [0.29, 0.717) is 0 Å². The second-order valence-electron chi connectivity index (χ2n) is 5.11. The second-order valence-corrected chi connectivity index (χ2v) is 7.44. The Morgan fingerprint density at radius 2 is 1.96 bits per heavy atom. The summed E-state index contributed by atoms with van der Waals surface area (Å²) in [6, 6.07) is 5.43. The molecule has 0 bridgehead atoms. The van der Waals surface area contributed by atoms with Crippen molar-refractivity contribution in [3.8, 4) is 6.07 Å². The van der Waals surface area contributed by atoms with Crippen LogP contribution in [0.15, 0.2) is 38.5 Å². The molecule has 0 saturated heterocycles.